The summed E-state index contributed by atoms with van der Waals surface area (Å²) in [7, 11) is 0. The number of nitrogens with zero attached hydrogens (tertiary/aromatic N) is 1. The van der Waals surface area contributed by atoms with Crippen molar-refractivity contribution >= 4 is 22.8 Å². The van der Waals surface area contributed by atoms with Crippen LogP contribution in [0.25, 0.3) is 11.0 Å². The van der Waals surface area contributed by atoms with Crippen LogP contribution >= 0.6 is 0 Å². The van der Waals surface area contributed by atoms with Crippen molar-refractivity contribution in [1.29, 1.82) is 0 Å². The average Bonchev–Trinajstić information content (AvgIpc) is 2.80. The average molecular weight is 321 g/mol. The zero-order valence-corrected chi connectivity index (χ0v) is 12.4. The maximum atomic E-state index is 12.5. The molecule has 0 fully saturated rings. The Hall–Kier alpha value is -3.41. The maximum Gasteiger partial charge on any atom is 0.336 e. The van der Waals surface area contributed by atoms with Crippen molar-refractivity contribution in [2.24, 2.45) is 0 Å². The van der Waals surface area contributed by atoms with Gasteiger partial charge in [-0.05, 0) is 29.8 Å². The van der Waals surface area contributed by atoms with Gasteiger partial charge in [0.25, 0.3) is 11.8 Å². The van der Waals surface area contributed by atoms with Crippen molar-refractivity contribution in [3.63, 3.8) is 0 Å². The lowest BCUT2D eigenvalue weighted by molar-refractivity contribution is 0.0642. The maximum absolute atomic E-state index is 12.5. The number of carbonyl (C=O) groups excluding carboxylic acids is 2. The van der Waals surface area contributed by atoms with E-state index in [2.05, 4.69) is 0 Å². The molecule has 1 aliphatic heterocycles. The van der Waals surface area contributed by atoms with Crippen LogP contribution in [0.1, 0.15) is 26.3 Å². The van der Waals surface area contributed by atoms with Gasteiger partial charge >= 0.3 is 5.63 Å². The van der Waals surface area contributed by atoms with Gasteiger partial charge in [0.15, 0.2) is 0 Å². The number of imide groups is 1. The van der Waals surface area contributed by atoms with Gasteiger partial charge in [0.1, 0.15) is 11.3 Å². The molecule has 0 atom stereocenters. The van der Waals surface area contributed by atoms with Crippen LogP contribution in [0.5, 0.6) is 5.75 Å². The summed E-state index contributed by atoms with van der Waals surface area (Å²) in [4.78, 5) is 37.4. The number of hydrogen-bond acceptors (Lipinski definition) is 5. The van der Waals surface area contributed by atoms with Gasteiger partial charge in [0, 0.05) is 17.5 Å². The number of aromatic hydroxyl groups is 1. The summed E-state index contributed by atoms with van der Waals surface area (Å²) in [6, 6.07) is 12.2. The zero-order valence-electron chi connectivity index (χ0n) is 12.4. The van der Waals surface area contributed by atoms with Crippen molar-refractivity contribution in [2.75, 3.05) is 0 Å². The molecule has 0 unspecified atom stereocenters. The molecule has 118 valence electrons. The first-order valence-electron chi connectivity index (χ1n) is 7.25. The Labute approximate surface area is 135 Å². The predicted octanol–water partition coefficient (Wildman–Crippen LogP) is 2.29. The van der Waals surface area contributed by atoms with Crippen LogP contribution in [0.2, 0.25) is 0 Å². The molecule has 2 aromatic carbocycles. The number of phenols is 1. The number of amides is 2. The normalized spacial score (nSPS) is 13.6. The molecular formula is C18H11NO5. The van der Waals surface area contributed by atoms with Crippen molar-refractivity contribution < 1.29 is 19.1 Å². The van der Waals surface area contributed by atoms with Crippen LogP contribution in [0.4, 0.5) is 0 Å². The van der Waals surface area contributed by atoms with E-state index in [0.29, 0.717) is 22.1 Å². The third-order valence-corrected chi connectivity index (χ3v) is 4.02. The number of phenolic OH excluding ortho intramolecular Hbond substituents is 1. The fourth-order valence-electron chi connectivity index (χ4n) is 2.92. The van der Waals surface area contributed by atoms with E-state index in [1.54, 1.807) is 30.3 Å². The Balaban J connectivity index is 1.80. The van der Waals surface area contributed by atoms with Crippen LogP contribution in [-0.2, 0) is 6.54 Å². The summed E-state index contributed by atoms with van der Waals surface area (Å²) in [5.74, 6) is -0.877. The second-order valence-electron chi connectivity index (χ2n) is 5.51. The molecule has 2 amide bonds. The summed E-state index contributed by atoms with van der Waals surface area (Å²) < 4.78 is 5.06. The summed E-state index contributed by atoms with van der Waals surface area (Å²) in [6.07, 6.45) is 0. The third-order valence-electron chi connectivity index (χ3n) is 4.02. The van der Waals surface area contributed by atoms with Crippen LogP contribution in [-0.4, -0.2) is 21.8 Å². The highest BCUT2D eigenvalue weighted by Crippen LogP contribution is 2.29. The number of benzene rings is 2. The molecule has 1 aliphatic rings. The molecule has 4 rings (SSSR count). The molecule has 6 heteroatoms. The second-order valence-corrected chi connectivity index (χ2v) is 5.51. The van der Waals surface area contributed by atoms with E-state index in [-0.39, 0.29) is 29.7 Å². The molecule has 2 heterocycles. The highest BCUT2D eigenvalue weighted by molar-refractivity contribution is 6.21. The second kappa shape index (κ2) is 5.06. The van der Waals surface area contributed by atoms with Gasteiger partial charge in [-0.25, -0.2) is 4.79 Å². The first kappa shape index (κ1) is 14.2. The minimum absolute atomic E-state index is 0.0228. The molecule has 0 bridgehead atoms. The lowest BCUT2D eigenvalue weighted by atomic mass is 10.1. The minimum Gasteiger partial charge on any atom is -0.508 e. The lowest BCUT2D eigenvalue weighted by Crippen LogP contribution is -2.29. The van der Waals surface area contributed by atoms with E-state index in [0.717, 1.165) is 4.90 Å². The highest BCUT2D eigenvalue weighted by atomic mass is 16.4. The summed E-state index contributed by atoms with van der Waals surface area (Å²) in [5.41, 5.74) is 0.897. The standard InChI is InChI=1S/C18H11NO5/c20-11-7-10(12-5-6-16(21)24-15(12)8-11)9-19-17(22)13-3-1-2-4-14(13)18(19)23/h1-8,20H,9H2. The van der Waals surface area contributed by atoms with E-state index in [1.807, 2.05) is 0 Å². The number of carbonyl (C=O) groups is 2. The first-order chi connectivity index (χ1) is 11.5. The predicted molar refractivity (Wildman–Crippen MR) is 84.8 cm³/mol. The Morgan fingerprint density at radius 1 is 0.917 bits per heavy atom. The number of hydrogen-bond donors (Lipinski definition) is 1. The van der Waals surface area contributed by atoms with E-state index < -0.39 is 5.63 Å². The van der Waals surface area contributed by atoms with Crippen molar-refractivity contribution in [3.05, 3.63) is 75.6 Å². The molecule has 0 saturated carbocycles. The number of rotatable bonds is 2. The lowest BCUT2D eigenvalue weighted by Gasteiger charge is -2.15. The molecule has 0 radical (unpaired) electrons. The molecular weight excluding hydrogens is 310 g/mol. The summed E-state index contributed by atoms with van der Waals surface area (Å²) in [6.45, 7) is -0.0228. The van der Waals surface area contributed by atoms with Crippen LogP contribution in [0, 0.1) is 0 Å². The molecule has 1 aromatic heterocycles. The monoisotopic (exact) mass is 321 g/mol. The Bertz CT molecular complexity index is 1030. The molecule has 0 aliphatic carbocycles. The van der Waals surface area contributed by atoms with E-state index in [9.17, 15) is 19.5 Å². The van der Waals surface area contributed by atoms with Gasteiger partial charge in [-0.1, -0.05) is 12.1 Å². The van der Waals surface area contributed by atoms with Gasteiger partial charge in [-0.15, -0.1) is 0 Å². The fraction of sp³-hybridized carbons (Fsp3) is 0.0556. The Morgan fingerprint density at radius 3 is 2.25 bits per heavy atom. The topological polar surface area (TPSA) is 87.8 Å². The largest absolute Gasteiger partial charge is 0.508 e. The van der Waals surface area contributed by atoms with Gasteiger partial charge in [0.05, 0.1) is 17.7 Å². The molecule has 1 N–H and O–H groups in total. The summed E-state index contributed by atoms with van der Waals surface area (Å²) >= 11 is 0. The van der Waals surface area contributed by atoms with Crippen molar-refractivity contribution in [2.45, 2.75) is 6.54 Å². The molecule has 24 heavy (non-hydrogen) atoms. The van der Waals surface area contributed by atoms with Crippen LogP contribution in [0.3, 0.4) is 0 Å². The molecule has 6 nitrogen and oxygen atoms in total. The SMILES string of the molecule is O=C1c2ccccc2C(=O)N1Cc1cc(O)cc2oc(=O)ccc12. The van der Waals surface area contributed by atoms with E-state index >= 15 is 0 Å². The summed E-state index contributed by atoms with van der Waals surface area (Å²) in [5, 5.41) is 10.4. The zero-order chi connectivity index (χ0) is 16.8. The molecule has 0 saturated heterocycles. The number of fused-ring (bicyclic) bond motifs is 2. The van der Waals surface area contributed by atoms with Crippen molar-refractivity contribution in [3.8, 4) is 5.75 Å². The van der Waals surface area contributed by atoms with Crippen LogP contribution in [0.15, 0.2) is 57.7 Å². The van der Waals surface area contributed by atoms with Gasteiger partial charge in [-0.3, -0.25) is 14.5 Å². The van der Waals surface area contributed by atoms with E-state index in [4.69, 9.17) is 4.42 Å². The van der Waals surface area contributed by atoms with Crippen molar-refractivity contribution in [1.82, 2.24) is 4.90 Å². The first-order valence-corrected chi connectivity index (χ1v) is 7.25. The quantitative estimate of drug-likeness (QED) is 0.578. The third kappa shape index (κ3) is 2.08. The van der Waals surface area contributed by atoms with Gasteiger partial charge < -0.3 is 9.52 Å². The highest BCUT2D eigenvalue weighted by Gasteiger charge is 2.35. The fourth-order valence-corrected chi connectivity index (χ4v) is 2.92. The Morgan fingerprint density at radius 2 is 1.58 bits per heavy atom. The minimum atomic E-state index is -0.542. The van der Waals surface area contributed by atoms with E-state index in [1.165, 1.54) is 18.2 Å². The molecule has 0 spiro atoms. The smallest absolute Gasteiger partial charge is 0.336 e. The van der Waals surface area contributed by atoms with Gasteiger partial charge in [-0.2, -0.15) is 0 Å². The van der Waals surface area contributed by atoms with Crippen LogP contribution < -0.4 is 5.63 Å². The molecule has 3 aromatic rings. The Kier molecular flexibility index (Phi) is 2.99. The van der Waals surface area contributed by atoms with Gasteiger partial charge in [0.2, 0.25) is 0 Å².